The van der Waals surface area contributed by atoms with Gasteiger partial charge in [-0.25, -0.2) is 4.79 Å². The third-order valence-corrected chi connectivity index (χ3v) is 10.5. The van der Waals surface area contributed by atoms with E-state index in [-0.39, 0.29) is 42.7 Å². The first-order valence-electron chi connectivity index (χ1n) is 25.2. The Labute approximate surface area is 397 Å². The Bertz CT molecular complexity index is 1470. The van der Waals surface area contributed by atoms with E-state index in [0.29, 0.717) is 19.3 Å². The van der Waals surface area contributed by atoms with Crippen molar-refractivity contribution in [2.45, 2.75) is 180 Å². The van der Waals surface area contributed by atoms with E-state index in [1.165, 1.54) is 64.2 Å². The third kappa shape index (κ3) is 44.7. The number of esters is 2. The van der Waals surface area contributed by atoms with Crippen LogP contribution >= 0.6 is 0 Å². The summed E-state index contributed by atoms with van der Waals surface area (Å²) in [7, 11) is 5.50. The number of unbranched alkanes of at least 4 members (excludes halogenated alkanes) is 15. The molecule has 0 saturated heterocycles. The molecule has 0 radical (unpaired) electrons. The lowest BCUT2D eigenvalue weighted by Crippen LogP contribution is -2.50. The minimum absolute atomic E-state index is 0.0318. The number of hydrogen-bond donors (Lipinski definition) is 1. The summed E-state index contributed by atoms with van der Waals surface area (Å²) in [6.07, 6.45) is 65.3. The van der Waals surface area contributed by atoms with E-state index in [9.17, 15) is 19.5 Å². The third-order valence-electron chi connectivity index (χ3n) is 10.5. The van der Waals surface area contributed by atoms with E-state index in [1.54, 1.807) is 0 Å². The van der Waals surface area contributed by atoms with E-state index in [4.69, 9.17) is 14.2 Å². The smallest absolute Gasteiger partial charge is 0.362 e. The second kappa shape index (κ2) is 46.3. The molecule has 2 atom stereocenters. The van der Waals surface area contributed by atoms with Gasteiger partial charge in [0.25, 0.3) is 0 Å². The number of quaternary nitrogens is 1. The molecule has 0 bridgehead atoms. The van der Waals surface area contributed by atoms with Crippen LogP contribution in [0.4, 0.5) is 0 Å². The maximum Gasteiger partial charge on any atom is 0.362 e. The fraction of sp³-hybridized carbons (Fsp3) is 0.596. The van der Waals surface area contributed by atoms with Crippen molar-refractivity contribution in [1.29, 1.82) is 0 Å². The molecule has 366 valence electrons. The molecule has 0 fully saturated rings. The summed E-state index contributed by atoms with van der Waals surface area (Å²) in [5, 5.41) is 9.65. The van der Waals surface area contributed by atoms with E-state index >= 15 is 0 Å². The number of carbonyl (C=O) groups is 3. The number of carboxylic acids is 1. The van der Waals surface area contributed by atoms with Gasteiger partial charge >= 0.3 is 17.9 Å². The van der Waals surface area contributed by atoms with Gasteiger partial charge in [-0.1, -0.05) is 200 Å². The van der Waals surface area contributed by atoms with E-state index in [1.807, 2.05) is 94.1 Å². The van der Waals surface area contributed by atoms with Gasteiger partial charge < -0.3 is 23.8 Å². The number of carboxylic acid groups (broad SMARTS) is 1. The van der Waals surface area contributed by atoms with Gasteiger partial charge in [-0.05, 0) is 70.6 Å². The van der Waals surface area contributed by atoms with Crippen molar-refractivity contribution in [3.8, 4) is 0 Å². The zero-order valence-electron chi connectivity index (χ0n) is 41.6. The molecule has 0 aliphatic heterocycles. The van der Waals surface area contributed by atoms with Crippen LogP contribution in [0.5, 0.6) is 0 Å². The van der Waals surface area contributed by atoms with Crippen LogP contribution in [0.1, 0.15) is 168 Å². The molecule has 65 heavy (non-hydrogen) atoms. The highest BCUT2D eigenvalue weighted by molar-refractivity contribution is 5.72. The maximum absolute atomic E-state index is 12.8. The van der Waals surface area contributed by atoms with Gasteiger partial charge in [-0.15, -0.1) is 0 Å². The SMILES string of the molecule is CC/C=C/C=C/C=C/C=C/C=C/C=C/C=C/CCCCCC(=O)OC(COCCC(C(=O)O)[N+](C)(C)C)COC(=O)CCCCCCCCCCC/C=C/C/C=C/C/C=C/CCCCC. The normalized spacial score (nSPS) is 13.9. The second-order valence-electron chi connectivity index (χ2n) is 17.5. The zero-order valence-corrected chi connectivity index (χ0v) is 41.6. The van der Waals surface area contributed by atoms with E-state index in [2.05, 4.69) is 62.5 Å². The van der Waals surface area contributed by atoms with Crippen molar-refractivity contribution >= 4 is 17.9 Å². The van der Waals surface area contributed by atoms with Crippen molar-refractivity contribution < 1.29 is 38.2 Å². The summed E-state index contributed by atoms with van der Waals surface area (Å²) in [6, 6.07) is -0.633. The molecule has 0 aliphatic carbocycles. The van der Waals surface area contributed by atoms with Crippen LogP contribution in [-0.4, -0.2) is 80.6 Å². The number of hydrogen-bond acceptors (Lipinski definition) is 6. The van der Waals surface area contributed by atoms with Crippen LogP contribution in [0.2, 0.25) is 0 Å². The van der Waals surface area contributed by atoms with Gasteiger partial charge in [-0.3, -0.25) is 9.59 Å². The molecule has 0 aliphatic rings. The molecule has 0 aromatic rings. The summed E-state index contributed by atoms with van der Waals surface area (Å²) in [5.41, 5.74) is 0. The molecule has 2 unspecified atom stereocenters. The summed E-state index contributed by atoms with van der Waals surface area (Å²) in [5.74, 6) is -1.55. The van der Waals surface area contributed by atoms with Crippen LogP contribution in [0.15, 0.2) is 122 Å². The first kappa shape index (κ1) is 60.7. The van der Waals surface area contributed by atoms with E-state index < -0.39 is 18.1 Å². The molecular formula is C57H92NO7+. The lowest BCUT2D eigenvalue weighted by molar-refractivity contribution is -0.887. The highest BCUT2D eigenvalue weighted by Gasteiger charge is 2.31. The second-order valence-corrected chi connectivity index (χ2v) is 17.5. The summed E-state index contributed by atoms with van der Waals surface area (Å²) in [4.78, 5) is 37.2. The molecule has 1 N–H and O–H groups in total. The largest absolute Gasteiger partial charge is 0.477 e. The van der Waals surface area contributed by atoms with Gasteiger partial charge in [0.15, 0.2) is 12.1 Å². The van der Waals surface area contributed by atoms with Gasteiger partial charge in [0.2, 0.25) is 0 Å². The fourth-order valence-electron chi connectivity index (χ4n) is 6.67. The number of allylic oxidation sites excluding steroid dienone is 20. The number of likely N-dealkylation sites (N-methyl/N-ethyl adjacent to an activating group) is 1. The molecule has 0 amide bonds. The molecule has 0 spiro atoms. The molecular weight excluding hydrogens is 811 g/mol. The average molecular weight is 903 g/mol. The Morgan fingerprint density at radius 3 is 1.43 bits per heavy atom. The van der Waals surface area contributed by atoms with Crippen molar-refractivity contribution in [2.24, 2.45) is 0 Å². The number of nitrogens with zero attached hydrogens (tertiary/aromatic N) is 1. The first-order chi connectivity index (χ1) is 31.6. The minimum Gasteiger partial charge on any atom is -0.477 e. The van der Waals surface area contributed by atoms with E-state index in [0.717, 1.165) is 64.2 Å². The highest BCUT2D eigenvalue weighted by atomic mass is 16.6. The number of carbonyl (C=O) groups excluding carboxylic acids is 2. The highest BCUT2D eigenvalue weighted by Crippen LogP contribution is 2.14. The van der Waals surface area contributed by atoms with Gasteiger partial charge in [0, 0.05) is 19.3 Å². The van der Waals surface area contributed by atoms with Crippen LogP contribution < -0.4 is 0 Å². The van der Waals surface area contributed by atoms with Crippen molar-refractivity contribution in [3.63, 3.8) is 0 Å². The summed E-state index contributed by atoms with van der Waals surface area (Å²) < 4.78 is 17.3. The zero-order chi connectivity index (χ0) is 47.7. The molecule has 8 nitrogen and oxygen atoms in total. The lowest BCUT2D eigenvalue weighted by Gasteiger charge is -2.31. The lowest BCUT2D eigenvalue weighted by atomic mass is 10.1. The molecule has 0 aromatic carbocycles. The molecule has 0 saturated carbocycles. The van der Waals surface area contributed by atoms with Crippen molar-refractivity contribution in [2.75, 3.05) is 41.0 Å². The quantitative estimate of drug-likeness (QED) is 0.0214. The predicted octanol–water partition coefficient (Wildman–Crippen LogP) is 14.6. The number of rotatable bonds is 43. The maximum atomic E-state index is 12.8. The van der Waals surface area contributed by atoms with Crippen molar-refractivity contribution in [1.82, 2.24) is 0 Å². The summed E-state index contributed by atoms with van der Waals surface area (Å²) in [6.45, 7) is 4.49. The Balaban J connectivity index is 4.39. The Hall–Kier alpha value is -4.27. The monoisotopic (exact) mass is 903 g/mol. The molecule has 0 rings (SSSR count). The predicted molar refractivity (Wildman–Crippen MR) is 275 cm³/mol. The van der Waals surface area contributed by atoms with Crippen LogP contribution in [0, 0.1) is 0 Å². The number of ether oxygens (including phenoxy) is 3. The van der Waals surface area contributed by atoms with Gasteiger partial charge in [0.05, 0.1) is 34.4 Å². The topological polar surface area (TPSA) is 99.1 Å². The number of aliphatic carboxylic acids is 1. The summed E-state index contributed by atoms with van der Waals surface area (Å²) >= 11 is 0. The average Bonchev–Trinajstić information content (AvgIpc) is 3.27. The standard InChI is InChI=1S/C57H91NO7/c1-6-8-10-12-14-16-18-20-22-24-26-27-28-30-31-33-35-37-39-41-43-45-47-55(59)64-52-53(51-63-50-49-54(57(61)62)58(3,4)5)65-56(60)48-46-44-42-40-38-36-34-32-29-25-23-21-19-17-15-13-11-9-7-2/h9,11,13-17,19-23,25-27,29,32,34,36,38,53-54H,6-8,10,12,18,24,28,30-31,33,35,37,39-52H2,1-5H3/p+1/b11-9+,15-13+,16-14+,19-17+,22-20+,23-21+,27-26+,29-25+,34-32+,38-36+. The van der Waals surface area contributed by atoms with Gasteiger partial charge in [0.1, 0.15) is 6.61 Å². The Morgan fingerprint density at radius 1 is 0.492 bits per heavy atom. The molecule has 0 aromatic heterocycles. The molecule has 0 heterocycles. The van der Waals surface area contributed by atoms with Crippen LogP contribution in [-0.2, 0) is 28.6 Å². The van der Waals surface area contributed by atoms with Crippen LogP contribution in [0.3, 0.4) is 0 Å². The van der Waals surface area contributed by atoms with Gasteiger partial charge in [-0.2, -0.15) is 0 Å². The van der Waals surface area contributed by atoms with Crippen LogP contribution in [0.25, 0.3) is 0 Å². The minimum atomic E-state index is -0.889. The van der Waals surface area contributed by atoms with Crippen molar-refractivity contribution in [3.05, 3.63) is 122 Å². The molecule has 8 heteroatoms. The Kier molecular flexibility index (Phi) is 43.2. The fourth-order valence-corrected chi connectivity index (χ4v) is 6.67. The Morgan fingerprint density at radius 2 is 0.923 bits per heavy atom. The first-order valence-corrected chi connectivity index (χ1v) is 25.2.